The number of hydrogen-bond donors (Lipinski definition) is 2. The molecule has 5 rings (SSSR count). The minimum atomic E-state index is -4.60. The van der Waals surface area contributed by atoms with Gasteiger partial charge in [0.2, 0.25) is 0 Å². The second-order valence-corrected chi connectivity index (χ2v) is 10.9. The van der Waals surface area contributed by atoms with Crippen LogP contribution in [0.2, 0.25) is 5.02 Å². The van der Waals surface area contributed by atoms with Crippen LogP contribution >= 0.6 is 38.9 Å². The van der Waals surface area contributed by atoms with Gasteiger partial charge in [0.15, 0.2) is 11.7 Å². The lowest BCUT2D eigenvalue weighted by Crippen LogP contribution is -2.35. The molecule has 0 saturated heterocycles. The van der Waals surface area contributed by atoms with Crippen LogP contribution in [0.5, 0.6) is 0 Å². The standard InChI is InChI=1S/C23H18BrClF3N5OS/c24-12-7-5-11(6-8-12)15-9-17(23(26,27)28)33-20(30-15)18(25)19(32-33)21(34)31-22-14(10-29)13-3-1-2-4-16(13)35-22/h5-8,15,17,30H,1-4,9H2,(H,31,34)/t15-,17-/m1/s1. The Labute approximate surface area is 216 Å². The zero-order valence-electron chi connectivity index (χ0n) is 18.0. The molecule has 1 aliphatic heterocycles. The summed E-state index contributed by atoms with van der Waals surface area (Å²) in [5.41, 5.74) is 1.67. The number of fused-ring (bicyclic) bond motifs is 2. The van der Waals surface area contributed by atoms with Crippen molar-refractivity contribution in [2.24, 2.45) is 0 Å². The second kappa shape index (κ2) is 9.15. The Kier molecular flexibility index (Phi) is 6.32. The van der Waals surface area contributed by atoms with Crippen molar-refractivity contribution in [3.05, 3.63) is 61.0 Å². The van der Waals surface area contributed by atoms with E-state index in [2.05, 4.69) is 37.7 Å². The molecule has 0 bridgehead atoms. The van der Waals surface area contributed by atoms with Crippen LogP contribution < -0.4 is 10.6 Å². The third-order valence-electron chi connectivity index (χ3n) is 6.29. The minimum absolute atomic E-state index is 0.0655. The maximum absolute atomic E-state index is 14.0. The molecule has 1 aliphatic carbocycles. The molecular weight excluding hydrogens is 567 g/mol. The van der Waals surface area contributed by atoms with Gasteiger partial charge in [-0.05, 0) is 48.9 Å². The number of rotatable bonds is 3. The number of halogens is 5. The van der Waals surface area contributed by atoms with Crippen molar-refractivity contribution in [3.8, 4) is 6.07 Å². The summed E-state index contributed by atoms with van der Waals surface area (Å²) in [4.78, 5) is 14.1. The summed E-state index contributed by atoms with van der Waals surface area (Å²) < 4.78 is 43.6. The number of nitrogens with one attached hydrogen (secondary N) is 2. The molecule has 35 heavy (non-hydrogen) atoms. The quantitative estimate of drug-likeness (QED) is 0.347. The average molecular weight is 585 g/mol. The molecule has 1 amide bonds. The topological polar surface area (TPSA) is 82.7 Å². The van der Waals surface area contributed by atoms with Crippen molar-refractivity contribution in [2.45, 2.75) is 50.4 Å². The number of anilines is 2. The van der Waals surface area contributed by atoms with E-state index in [-0.39, 0.29) is 23.0 Å². The zero-order chi connectivity index (χ0) is 24.9. The number of carbonyl (C=O) groups excluding carboxylic acids is 1. The molecule has 6 nitrogen and oxygen atoms in total. The number of nitrogens with zero attached hydrogens (tertiary/aromatic N) is 3. The highest BCUT2D eigenvalue weighted by Crippen LogP contribution is 2.46. The maximum atomic E-state index is 14.0. The highest BCUT2D eigenvalue weighted by molar-refractivity contribution is 9.10. The average Bonchev–Trinajstić information content (AvgIpc) is 3.35. The van der Waals surface area contributed by atoms with E-state index in [0.717, 1.165) is 45.3 Å². The highest BCUT2D eigenvalue weighted by atomic mass is 79.9. The first-order valence-electron chi connectivity index (χ1n) is 10.9. The Morgan fingerprint density at radius 1 is 1.29 bits per heavy atom. The van der Waals surface area contributed by atoms with E-state index in [1.807, 2.05) is 0 Å². The van der Waals surface area contributed by atoms with Gasteiger partial charge in [-0.15, -0.1) is 11.3 Å². The Morgan fingerprint density at radius 3 is 2.69 bits per heavy atom. The van der Waals surface area contributed by atoms with Gasteiger partial charge in [0, 0.05) is 15.8 Å². The molecule has 2 aliphatic rings. The van der Waals surface area contributed by atoms with Crippen molar-refractivity contribution in [2.75, 3.05) is 10.6 Å². The predicted molar refractivity (Wildman–Crippen MR) is 131 cm³/mol. The van der Waals surface area contributed by atoms with Gasteiger partial charge < -0.3 is 10.6 Å². The van der Waals surface area contributed by atoms with E-state index >= 15 is 0 Å². The second-order valence-electron chi connectivity index (χ2n) is 8.48. The van der Waals surface area contributed by atoms with E-state index < -0.39 is 24.2 Å². The Balaban J connectivity index is 1.49. The fraction of sp³-hybridized carbons (Fsp3) is 0.348. The Hall–Kier alpha value is -2.55. The van der Waals surface area contributed by atoms with E-state index in [1.54, 1.807) is 24.3 Å². The first-order chi connectivity index (χ1) is 16.7. The van der Waals surface area contributed by atoms with Crippen LogP contribution in [-0.4, -0.2) is 21.9 Å². The summed E-state index contributed by atoms with van der Waals surface area (Å²) in [7, 11) is 0. The molecule has 182 valence electrons. The Bertz CT molecular complexity index is 1350. The van der Waals surface area contributed by atoms with E-state index in [9.17, 15) is 23.2 Å². The molecule has 3 heterocycles. The van der Waals surface area contributed by atoms with Crippen LogP contribution in [-0.2, 0) is 12.8 Å². The van der Waals surface area contributed by atoms with Crippen molar-refractivity contribution < 1.29 is 18.0 Å². The summed E-state index contributed by atoms with van der Waals surface area (Å²) in [6.07, 6.45) is -1.34. The SMILES string of the molecule is N#Cc1c(NC(=O)c2nn3c(c2Cl)N[C@@H](c2ccc(Br)cc2)C[C@@H]3C(F)(F)F)sc2c1CCCC2. The molecule has 0 radical (unpaired) electrons. The molecule has 0 saturated carbocycles. The van der Waals surface area contributed by atoms with E-state index in [1.165, 1.54) is 11.3 Å². The number of aryl methyl sites for hydroxylation is 1. The zero-order valence-corrected chi connectivity index (χ0v) is 21.2. The molecule has 12 heteroatoms. The lowest BCUT2D eigenvalue weighted by Gasteiger charge is -2.33. The predicted octanol–water partition coefficient (Wildman–Crippen LogP) is 7.02. The summed E-state index contributed by atoms with van der Waals surface area (Å²) in [5, 5.41) is 19.5. The van der Waals surface area contributed by atoms with E-state index in [4.69, 9.17) is 11.6 Å². The summed E-state index contributed by atoms with van der Waals surface area (Å²) in [6.45, 7) is 0. The minimum Gasteiger partial charge on any atom is -0.362 e. The van der Waals surface area contributed by atoms with E-state index in [0.29, 0.717) is 16.1 Å². The monoisotopic (exact) mass is 583 g/mol. The van der Waals surface area contributed by atoms with Gasteiger partial charge in [0.25, 0.3) is 5.91 Å². The van der Waals surface area contributed by atoms with Crippen molar-refractivity contribution in [1.82, 2.24) is 9.78 Å². The van der Waals surface area contributed by atoms with Gasteiger partial charge in [-0.25, -0.2) is 4.68 Å². The molecule has 2 aromatic heterocycles. The third kappa shape index (κ3) is 4.43. The molecule has 0 spiro atoms. The number of carbonyl (C=O) groups is 1. The maximum Gasteiger partial charge on any atom is 0.410 e. The molecule has 2 atom stereocenters. The number of aromatic nitrogens is 2. The van der Waals surface area contributed by atoms with Gasteiger partial charge in [0.1, 0.15) is 21.9 Å². The number of amides is 1. The first-order valence-corrected chi connectivity index (χ1v) is 12.9. The number of nitriles is 1. The molecular formula is C23H18BrClF3N5OS. The Morgan fingerprint density at radius 2 is 2.00 bits per heavy atom. The van der Waals surface area contributed by atoms with Crippen LogP contribution in [0.15, 0.2) is 28.7 Å². The van der Waals surface area contributed by atoms with Gasteiger partial charge in [-0.3, -0.25) is 4.79 Å². The van der Waals surface area contributed by atoms with Gasteiger partial charge in [-0.2, -0.15) is 23.5 Å². The van der Waals surface area contributed by atoms with Gasteiger partial charge in [-0.1, -0.05) is 39.7 Å². The summed E-state index contributed by atoms with van der Waals surface area (Å²) >= 11 is 11.1. The summed E-state index contributed by atoms with van der Waals surface area (Å²) in [6, 6.07) is 6.46. The lowest BCUT2D eigenvalue weighted by atomic mass is 9.96. The van der Waals surface area contributed by atoms with Crippen LogP contribution in [0, 0.1) is 11.3 Å². The fourth-order valence-electron chi connectivity index (χ4n) is 4.58. The van der Waals surface area contributed by atoms with Crippen LogP contribution in [0.4, 0.5) is 24.0 Å². The number of hydrogen-bond acceptors (Lipinski definition) is 5. The smallest absolute Gasteiger partial charge is 0.362 e. The van der Waals surface area contributed by atoms with Crippen LogP contribution in [0.1, 0.15) is 63.4 Å². The third-order valence-corrected chi connectivity index (χ3v) is 8.39. The lowest BCUT2D eigenvalue weighted by molar-refractivity contribution is -0.173. The van der Waals surface area contributed by atoms with Gasteiger partial charge in [0.05, 0.1) is 11.6 Å². The summed E-state index contributed by atoms with van der Waals surface area (Å²) in [5.74, 6) is -0.820. The number of benzene rings is 1. The van der Waals surface area contributed by atoms with Crippen LogP contribution in [0.25, 0.3) is 0 Å². The van der Waals surface area contributed by atoms with Crippen molar-refractivity contribution in [1.29, 1.82) is 5.26 Å². The number of alkyl halides is 3. The molecule has 2 N–H and O–H groups in total. The highest BCUT2D eigenvalue weighted by Gasteiger charge is 2.48. The van der Waals surface area contributed by atoms with Crippen LogP contribution in [0.3, 0.4) is 0 Å². The first kappa shape index (κ1) is 24.2. The largest absolute Gasteiger partial charge is 0.410 e. The fourth-order valence-corrected chi connectivity index (χ4v) is 6.35. The molecule has 0 fully saturated rings. The van der Waals surface area contributed by atoms with Gasteiger partial charge >= 0.3 is 6.18 Å². The van der Waals surface area contributed by atoms with Crippen molar-refractivity contribution >= 4 is 55.6 Å². The molecule has 0 unspecified atom stereocenters. The normalized spacial score (nSPS) is 19.3. The van der Waals surface area contributed by atoms with Crippen molar-refractivity contribution in [3.63, 3.8) is 0 Å². The molecule has 1 aromatic carbocycles. The molecule has 3 aromatic rings. The number of thiophene rings is 1.